The molecule has 0 aromatic heterocycles. The number of aliphatic hydroxyl groups excluding tert-OH is 1. The quantitative estimate of drug-likeness (QED) is 0.390. The predicted molar refractivity (Wildman–Crippen MR) is 118 cm³/mol. The van der Waals surface area contributed by atoms with Crippen LogP contribution in [-0.4, -0.2) is 30.3 Å². The van der Waals surface area contributed by atoms with Crippen molar-refractivity contribution in [1.29, 1.82) is 0 Å². The molecule has 4 nitrogen and oxygen atoms in total. The van der Waals surface area contributed by atoms with Gasteiger partial charge in [0.2, 0.25) is 0 Å². The molecule has 0 aliphatic carbocycles. The summed E-state index contributed by atoms with van der Waals surface area (Å²) in [7, 11) is 0. The van der Waals surface area contributed by atoms with E-state index in [2.05, 4.69) is 0 Å². The number of ether oxygens (including phenoxy) is 3. The van der Waals surface area contributed by atoms with E-state index in [4.69, 9.17) is 14.2 Å². The van der Waals surface area contributed by atoms with Crippen LogP contribution in [0.4, 0.5) is 4.39 Å². The Bertz CT molecular complexity index is 802. The van der Waals surface area contributed by atoms with E-state index in [-0.39, 0.29) is 13.0 Å². The fraction of sp³-hybridized carbons (Fsp3) is 0.308. The minimum Gasteiger partial charge on any atom is -0.390 e. The predicted octanol–water partition coefficient (Wildman–Crippen LogP) is 5.05. The van der Waals surface area contributed by atoms with Crippen molar-refractivity contribution in [2.24, 2.45) is 0 Å². The molecule has 3 aromatic carbocycles. The van der Waals surface area contributed by atoms with Crippen LogP contribution in [0.1, 0.15) is 23.1 Å². The van der Waals surface area contributed by atoms with Gasteiger partial charge in [0.1, 0.15) is 6.17 Å². The molecule has 0 saturated heterocycles. The summed E-state index contributed by atoms with van der Waals surface area (Å²) in [6, 6.07) is 28.9. The van der Waals surface area contributed by atoms with Crippen molar-refractivity contribution >= 4 is 0 Å². The Morgan fingerprint density at radius 1 is 0.645 bits per heavy atom. The second kappa shape index (κ2) is 13.0. The van der Waals surface area contributed by atoms with Gasteiger partial charge in [-0.25, -0.2) is 4.39 Å². The molecule has 0 bridgehead atoms. The highest BCUT2D eigenvalue weighted by atomic mass is 19.1. The molecule has 0 aliphatic rings. The summed E-state index contributed by atoms with van der Waals surface area (Å²) < 4.78 is 31.6. The van der Waals surface area contributed by atoms with Crippen molar-refractivity contribution < 1.29 is 23.7 Å². The summed E-state index contributed by atoms with van der Waals surface area (Å²) in [4.78, 5) is 0. The van der Waals surface area contributed by atoms with Crippen LogP contribution in [0.3, 0.4) is 0 Å². The van der Waals surface area contributed by atoms with Gasteiger partial charge in [-0.1, -0.05) is 91.0 Å². The maximum Gasteiger partial charge on any atom is 0.161 e. The highest BCUT2D eigenvalue weighted by Gasteiger charge is 2.24. The molecule has 2 unspecified atom stereocenters. The lowest BCUT2D eigenvalue weighted by atomic mass is 10.1. The fourth-order valence-corrected chi connectivity index (χ4v) is 3.03. The van der Waals surface area contributed by atoms with Crippen LogP contribution >= 0.6 is 0 Å². The Kier molecular flexibility index (Phi) is 9.67. The lowest BCUT2D eigenvalue weighted by Crippen LogP contribution is -2.32. The van der Waals surface area contributed by atoms with Gasteiger partial charge >= 0.3 is 0 Å². The zero-order valence-electron chi connectivity index (χ0n) is 17.5. The molecular weight excluding hydrogens is 395 g/mol. The first kappa shape index (κ1) is 23.1. The van der Waals surface area contributed by atoms with E-state index in [0.29, 0.717) is 19.8 Å². The van der Waals surface area contributed by atoms with Crippen LogP contribution in [0, 0.1) is 0 Å². The Balaban J connectivity index is 1.49. The summed E-state index contributed by atoms with van der Waals surface area (Å²) in [5.41, 5.74) is 2.92. The van der Waals surface area contributed by atoms with Gasteiger partial charge in [-0.2, -0.15) is 0 Å². The molecule has 0 aliphatic heterocycles. The van der Waals surface area contributed by atoms with E-state index in [1.54, 1.807) is 0 Å². The summed E-state index contributed by atoms with van der Waals surface area (Å²) in [5.74, 6) is 0. The molecule has 0 saturated carbocycles. The largest absolute Gasteiger partial charge is 0.390 e. The van der Waals surface area contributed by atoms with E-state index < -0.39 is 18.6 Å². The van der Waals surface area contributed by atoms with E-state index in [1.807, 2.05) is 91.0 Å². The number of hydrogen-bond donors (Lipinski definition) is 1. The number of rotatable bonds is 13. The molecule has 1 N–H and O–H groups in total. The average Bonchev–Trinajstić information content (AvgIpc) is 2.82. The van der Waals surface area contributed by atoms with Gasteiger partial charge in [0.25, 0.3) is 0 Å². The van der Waals surface area contributed by atoms with Crippen LogP contribution in [0.15, 0.2) is 91.0 Å². The minimum absolute atomic E-state index is 0.00946. The maximum absolute atomic E-state index is 14.5. The summed E-state index contributed by atoms with van der Waals surface area (Å²) in [5, 5.41) is 10.4. The highest BCUT2D eigenvalue weighted by molar-refractivity contribution is 5.15. The van der Waals surface area contributed by atoms with E-state index in [9.17, 15) is 9.50 Å². The van der Waals surface area contributed by atoms with E-state index in [1.165, 1.54) is 0 Å². The molecule has 0 heterocycles. The lowest BCUT2D eigenvalue weighted by molar-refractivity contribution is -0.177. The third-order valence-corrected chi connectivity index (χ3v) is 4.80. The second-order valence-corrected chi connectivity index (χ2v) is 7.34. The maximum atomic E-state index is 14.5. The minimum atomic E-state index is -1.54. The van der Waals surface area contributed by atoms with Gasteiger partial charge in [0.15, 0.2) is 6.29 Å². The summed E-state index contributed by atoms with van der Waals surface area (Å²) >= 11 is 0. The third kappa shape index (κ3) is 8.59. The van der Waals surface area contributed by atoms with Crippen LogP contribution in [-0.2, 0) is 34.0 Å². The lowest BCUT2D eigenvalue weighted by Gasteiger charge is -2.23. The molecule has 2 atom stereocenters. The summed E-state index contributed by atoms with van der Waals surface area (Å²) in [6.45, 7) is 0.732. The number of hydrogen-bond acceptors (Lipinski definition) is 4. The van der Waals surface area contributed by atoms with Crippen LogP contribution < -0.4 is 0 Å². The monoisotopic (exact) mass is 424 g/mol. The Morgan fingerprint density at radius 3 is 1.52 bits per heavy atom. The molecular formula is C26H29FO4. The van der Waals surface area contributed by atoms with Crippen LogP contribution in [0.25, 0.3) is 0 Å². The van der Waals surface area contributed by atoms with E-state index >= 15 is 0 Å². The summed E-state index contributed by atoms with van der Waals surface area (Å²) in [6.07, 6.45) is -3.53. The normalized spacial score (nSPS) is 13.3. The molecule has 0 radical (unpaired) electrons. The number of halogens is 1. The van der Waals surface area contributed by atoms with Crippen molar-refractivity contribution in [2.45, 2.75) is 44.8 Å². The topological polar surface area (TPSA) is 47.9 Å². The molecule has 0 fully saturated rings. The van der Waals surface area contributed by atoms with E-state index in [0.717, 1.165) is 16.7 Å². The van der Waals surface area contributed by atoms with Gasteiger partial charge in [0, 0.05) is 6.42 Å². The fourth-order valence-electron chi connectivity index (χ4n) is 3.03. The zero-order chi connectivity index (χ0) is 21.7. The number of benzene rings is 3. The van der Waals surface area contributed by atoms with Gasteiger partial charge in [-0.3, -0.25) is 0 Å². The van der Waals surface area contributed by atoms with Crippen LogP contribution in [0.5, 0.6) is 0 Å². The van der Waals surface area contributed by atoms with Crippen molar-refractivity contribution in [2.75, 3.05) is 6.61 Å². The van der Waals surface area contributed by atoms with Crippen molar-refractivity contribution in [3.05, 3.63) is 108 Å². The van der Waals surface area contributed by atoms with Crippen molar-refractivity contribution in [1.82, 2.24) is 0 Å². The van der Waals surface area contributed by atoms with Gasteiger partial charge < -0.3 is 19.3 Å². The third-order valence-electron chi connectivity index (χ3n) is 4.80. The molecule has 5 heteroatoms. The van der Waals surface area contributed by atoms with Gasteiger partial charge in [-0.15, -0.1) is 0 Å². The van der Waals surface area contributed by atoms with Gasteiger partial charge in [0.05, 0.1) is 32.5 Å². The second-order valence-electron chi connectivity index (χ2n) is 7.34. The molecule has 0 amide bonds. The van der Waals surface area contributed by atoms with Crippen LogP contribution in [0.2, 0.25) is 0 Å². The standard InChI is InChI=1S/C26H29FO4/c27-24(20-29-17-21-10-4-1-5-11-21)25(28)16-26(30-18-22-12-6-2-7-13-22)31-19-23-14-8-3-9-15-23/h1-15,24-26,28H,16-20H2. The first-order chi connectivity index (χ1) is 15.2. The smallest absolute Gasteiger partial charge is 0.161 e. The molecule has 3 aromatic rings. The first-order valence-electron chi connectivity index (χ1n) is 10.5. The molecule has 0 spiro atoms. The first-order valence-corrected chi connectivity index (χ1v) is 10.5. The number of alkyl halides is 1. The molecule has 3 rings (SSSR count). The Labute approximate surface area is 183 Å². The Hall–Kier alpha value is -2.57. The zero-order valence-corrected chi connectivity index (χ0v) is 17.5. The number of aliphatic hydroxyl groups is 1. The SMILES string of the molecule is OC(CC(OCc1ccccc1)OCc1ccccc1)C(F)COCc1ccccc1. The average molecular weight is 425 g/mol. The highest BCUT2D eigenvalue weighted by Crippen LogP contribution is 2.16. The Morgan fingerprint density at radius 2 is 1.06 bits per heavy atom. The van der Waals surface area contributed by atoms with Crippen molar-refractivity contribution in [3.8, 4) is 0 Å². The molecule has 164 valence electrons. The van der Waals surface area contributed by atoms with Crippen molar-refractivity contribution in [3.63, 3.8) is 0 Å². The van der Waals surface area contributed by atoms with Gasteiger partial charge in [-0.05, 0) is 16.7 Å². The molecule has 31 heavy (non-hydrogen) atoms.